The van der Waals surface area contributed by atoms with Gasteiger partial charge >= 0.3 is 5.97 Å². The van der Waals surface area contributed by atoms with Gasteiger partial charge in [-0.15, -0.1) is 0 Å². The summed E-state index contributed by atoms with van der Waals surface area (Å²) in [6, 6.07) is 7.31. The number of benzene rings is 1. The standard InChI is InChI=1S/C13H16N2O2.H2S3/c1-8(12(14)13(16)17-2)10-7-15-11-6-4-3-5-9(10)11;1-3-2/h3-8,12,15H,14H2,1-2H3;1-2H/t8-,12+;/m0./s1. The normalized spacial score (nSPS) is 13.2. The predicted molar refractivity (Wildman–Crippen MR) is 92.3 cm³/mol. The lowest BCUT2D eigenvalue weighted by Crippen LogP contribution is -2.36. The van der Waals surface area contributed by atoms with Gasteiger partial charge in [-0.25, -0.2) is 0 Å². The summed E-state index contributed by atoms with van der Waals surface area (Å²) in [6.07, 6.45) is 1.90. The lowest BCUT2D eigenvalue weighted by atomic mass is 9.93. The molecule has 0 aliphatic rings. The van der Waals surface area contributed by atoms with E-state index in [1.165, 1.54) is 7.11 Å². The monoisotopic (exact) mass is 330 g/mol. The summed E-state index contributed by atoms with van der Waals surface area (Å²) < 4.78 is 4.67. The number of fused-ring (bicyclic) bond motifs is 1. The molecule has 0 aliphatic carbocycles. The van der Waals surface area contributed by atoms with Crippen molar-refractivity contribution in [3.63, 3.8) is 0 Å². The van der Waals surface area contributed by atoms with Gasteiger partial charge in [0.1, 0.15) is 6.04 Å². The summed E-state index contributed by atoms with van der Waals surface area (Å²) >= 11 is 7.14. The number of carbonyl (C=O) groups excluding carboxylic acids is 1. The largest absolute Gasteiger partial charge is 0.468 e. The van der Waals surface area contributed by atoms with Crippen molar-refractivity contribution >= 4 is 50.0 Å². The number of hydrogen-bond donors (Lipinski definition) is 4. The Morgan fingerprint density at radius 2 is 2.00 bits per heavy atom. The number of carbonyl (C=O) groups is 1. The average molecular weight is 330 g/mol. The molecule has 0 bridgehead atoms. The van der Waals surface area contributed by atoms with Crippen LogP contribution in [-0.4, -0.2) is 24.1 Å². The number of hydrogen-bond acceptors (Lipinski definition) is 6. The van der Waals surface area contributed by atoms with E-state index in [9.17, 15) is 4.79 Å². The molecule has 0 amide bonds. The maximum Gasteiger partial charge on any atom is 0.323 e. The first kappa shape index (κ1) is 17.3. The highest BCUT2D eigenvalue weighted by molar-refractivity contribution is 9.01. The summed E-state index contributed by atoms with van der Waals surface area (Å²) in [7, 11) is 2.49. The summed E-state index contributed by atoms with van der Waals surface area (Å²) in [5, 5.41) is 1.10. The van der Waals surface area contributed by atoms with Gasteiger partial charge in [0, 0.05) is 23.0 Å². The van der Waals surface area contributed by atoms with Crippen molar-refractivity contribution in [3.8, 4) is 0 Å². The molecule has 3 N–H and O–H groups in total. The van der Waals surface area contributed by atoms with Crippen LogP contribution in [0, 0.1) is 0 Å². The predicted octanol–water partition coefficient (Wildman–Crippen LogP) is 3.18. The number of methoxy groups -OCH3 is 1. The maximum absolute atomic E-state index is 11.4. The number of H-pyrrole nitrogens is 1. The van der Waals surface area contributed by atoms with Gasteiger partial charge in [-0.05, 0) is 21.5 Å². The first-order chi connectivity index (χ1) is 9.56. The molecule has 0 aliphatic heterocycles. The van der Waals surface area contributed by atoms with Crippen LogP contribution in [0.2, 0.25) is 0 Å². The Balaban J connectivity index is 0.000000612. The number of nitrogens with two attached hydrogens (primary N) is 1. The number of thiol groups is 2. The van der Waals surface area contributed by atoms with E-state index in [2.05, 4.69) is 33.0 Å². The molecular formula is C13H18N2O2S3. The van der Waals surface area contributed by atoms with E-state index in [-0.39, 0.29) is 11.9 Å². The minimum atomic E-state index is -0.640. The van der Waals surface area contributed by atoms with Crippen LogP contribution in [0.1, 0.15) is 18.4 Å². The van der Waals surface area contributed by atoms with Gasteiger partial charge in [-0.3, -0.25) is 4.79 Å². The zero-order valence-corrected chi connectivity index (χ0v) is 13.8. The van der Waals surface area contributed by atoms with E-state index in [1.807, 2.05) is 37.4 Å². The Bertz CT molecular complexity index is 559. The van der Waals surface area contributed by atoms with Crippen LogP contribution in [0.4, 0.5) is 0 Å². The van der Waals surface area contributed by atoms with Crippen LogP contribution in [0.25, 0.3) is 10.9 Å². The summed E-state index contributed by atoms with van der Waals surface area (Å²) in [5.41, 5.74) is 7.95. The van der Waals surface area contributed by atoms with Crippen LogP contribution >= 0.6 is 33.1 Å². The Morgan fingerprint density at radius 3 is 2.60 bits per heavy atom. The fourth-order valence-electron chi connectivity index (χ4n) is 2.00. The second kappa shape index (κ2) is 8.51. The number of aromatic nitrogens is 1. The molecule has 0 spiro atoms. The second-order valence-electron chi connectivity index (χ2n) is 4.21. The molecule has 7 heteroatoms. The molecule has 4 nitrogen and oxygen atoms in total. The van der Waals surface area contributed by atoms with Gasteiger partial charge in [0.2, 0.25) is 0 Å². The lowest BCUT2D eigenvalue weighted by Gasteiger charge is -2.17. The van der Waals surface area contributed by atoms with Gasteiger partial charge in [-0.2, -0.15) is 0 Å². The molecule has 0 unspecified atom stereocenters. The van der Waals surface area contributed by atoms with Gasteiger partial charge < -0.3 is 15.5 Å². The third-order valence-corrected chi connectivity index (χ3v) is 3.12. The van der Waals surface area contributed by atoms with Gasteiger partial charge in [0.05, 0.1) is 7.11 Å². The molecule has 0 saturated carbocycles. The number of ether oxygens (including phenoxy) is 1. The van der Waals surface area contributed by atoms with Crippen LogP contribution in [-0.2, 0) is 9.53 Å². The minimum Gasteiger partial charge on any atom is -0.468 e. The van der Waals surface area contributed by atoms with E-state index >= 15 is 0 Å². The molecule has 1 aromatic carbocycles. The van der Waals surface area contributed by atoms with E-state index < -0.39 is 6.04 Å². The Morgan fingerprint density at radius 1 is 1.40 bits per heavy atom. The zero-order valence-electron chi connectivity index (χ0n) is 11.2. The second-order valence-corrected chi connectivity index (χ2v) is 6.33. The highest BCUT2D eigenvalue weighted by atomic mass is 33.5. The molecule has 1 heterocycles. The number of rotatable bonds is 3. The molecular weight excluding hydrogens is 312 g/mol. The topological polar surface area (TPSA) is 68.1 Å². The Hall–Kier alpha value is -0.760. The van der Waals surface area contributed by atoms with Crippen LogP contribution in [0.15, 0.2) is 30.5 Å². The van der Waals surface area contributed by atoms with E-state index in [4.69, 9.17) is 5.73 Å². The summed E-state index contributed by atoms with van der Waals surface area (Å²) in [6.45, 7) is 1.93. The van der Waals surface area contributed by atoms with E-state index in [0.29, 0.717) is 0 Å². The lowest BCUT2D eigenvalue weighted by molar-refractivity contribution is -0.142. The average Bonchev–Trinajstić information content (AvgIpc) is 2.89. The molecule has 2 aromatic rings. The Labute approximate surface area is 132 Å². The SMILES string of the molecule is COC(=O)[C@H](N)[C@@H](C)c1c[nH]c2ccccc12.SSS. The van der Waals surface area contributed by atoms with Crippen LogP contribution in [0.5, 0.6) is 0 Å². The molecule has 2 atom stereocenters. The van der Waals surface area contributed by atoms with Crippen molar-refractivity contribution in [2.24, 2.45) is 5.73 Å². The highest BCUT2D eigenvalue weighted by Crippen LogP contribution is 2.27. The van der Waals surface area contributed by atoms with Gasteiger partial charge in [0.15, 0.2) is 0 Å². The first-order valence-electron chi connectivity index (χ1n) is 5.91. The summed E-state index contributed by atoms with van der Waals surface area (Å²) in [4.78, 5) is 14.6. The third-order valence-electron chi connectivity index (χ3n) is 3.12. The van der Waals surface area contributed by atoms with Crippen molar-refractivity contribution in [1.29, 1.82) is 0 Å². The van der Waals surface area contributed by atoms with Gasteiger partial charge in [0.25, 0.3) is 0 Å². The molecule has 0 fully saturated rings. The van der Waals surface area contributed by atoms with Crippen molar-refractivity contribution in [2.45, 2.75) is 18.9 Å². The van der Waals surface area contributed by atoms with Crippen molar-refractivity contribution in [3.05, 3.63) is 36.0 Å². The first-order valence-corrected chi connectivity index (χ1v) is 8.83. The molecule has 110 valence electrons. The molecule has 2 rings (SSSR count). The Kier molecular flexibility index (Phi) is 7.36. The van der Waals surface area contributed by atoms with Gasteiger partial charge in [-0.1, -0.05) is 48.4 Å². The van der Waals surface area contributed by atoms with Crippen molar-refractivity contribution < 1.29 is 9.53 Å². The fourth-order valence-corrected chi connectivity index (χ4v) is 2.00. The fraction of sp³-hybridized carbons (Fsp3) is 0.308. The number of aromatic amines is 1. The zero-order chi connectivity index (χ0) is 15.1. The van der Waals surface area contributed by atoms with E-state index in [1.54, 1.807) is 0 Å². The molecule has 1 aromatic heterocycles. The third kappa shape index (κ3) is 4.12. The summed E-state index contributed by atoms with van der Waals surface area (Å²) in [5.74, 6) is -0.471. The smallest absolute Gasteiger partial charge is 0.323 e. The van der Waals surface area contributed by atoms with Crippen molar-refractivity contribution in [1.82, 2.24) is 4.98 Å². The maximum atomic E-state index is 11.4. The molecule has 20 heavy (non-hydrogen) atoms. The number of esters is 1. The quantitative estimate of drug-likeness (QED) is 0.396. The van der Waals surface area contributed by atoms with Crippen LogP contribution in [0.3, 0.4) is 0 Å². The van der Waals surface area contributed by atoms with Crippen LogP contribution < -0.4 is 5.73 Å². The van der Waals surface area contributed by atoms with Crippen molar-refractivity contribution in [2.75, 3.05) is 7.11 Å². The number of nitrogens with one attached hydrogen (secondary N) is 1. The number of para-hydroxylation sites is 1. The van der Waals surface area contributed by atoms with E-state index in [0.717, 1.165) is 26.3 Å². The molecule has 0 saturated heterocycles. The minimum absolute atomic E-state index is 0.0846. The highest BCUT2D eigenvalue weighted by Gasteiger charge is 2.24. The molecule has 0 radical (unpaired) electrons.